The molecule has 0 aliphatic carbocycles. The lowest BCUT2D eigenvalue weighted by molar-refractivity contribution is 1.43. The third kappa shape index (κ3) is 2.72. The van der Waals surface area contributed by atoms with Gasteiger partial charge in [-0.15, -0.1) is 0 Å². The summed E-state index contributed by atoms with van der Waals surface area (Å²) in [4.78, 5) is 0. The van der Waals surface area contributed by atoms with Crippen LogP contribution in [-0.4, -0.2) is 12.3 Å². The van der Waals surface area contributed by atoms with E-state index in [1.807, 2.05) is 0 Å². The molecule has 0 saturated carbocycles. The predicted octanol–water partition coefficient (Wildman–Crippen LogP) is 4.55. The number of hydrogen-bond acceptors (Lipinski definition) is 2. The van der Waals surface area contributed by atoms with Gasteiger partial charge in [-0.1, -0.05) is 98.1 Å². The summed E-state index contributed by atoms with van der Waals surface area (Å²) < 4.78 is 0. The molecule has 0 heterocycles. The number of rotatable bonds is 5. The molecule has 0 radical (unpaired) electrons. The molecule has 0 aromatic heterocycles. The summed E-state index contributed by atoms with van der Waals surface area (Å²) in [5.74, 6) is 0. The van der Waals surface area contributed by atoms with Gasteiger partial charge in [0, 0.05) is 5.73 Å². The van der Waals surface area contributed by atoms with Crippen LogP contribution in [0.3, 0.4) is 0 Å². The molecule has 20 heavy (non-hydrogen) atoms. The molecule has 4 heteroatoms. The van der Waals surface area contributed by atoms with Gasteiger partial charge in [0.05, 0.1) is 0 Å². The molecule has 2 aromatic carbocycles. The molecule has 0 saturated heterocycles. The smallest absolute Gasteiger partial charge is 0.0410 e. The minimum atomic E-state index is -1.89. The molecule has 0 nitrogen and oxygen atoms in total. The first-order valence-electron chi connectivity index (χ1n) is 6.88. The fraction of sp³-hybridized carbons (Fsp3) is 0.250. The lowest BCUT2D eigenvalue weighted by atomic mass is 10.4. The van der Waals surface area contributed by atoms with E-state index in [0.717, 1.165) is 12.3 Å². The Kier molecular flexibility index (Phi) is 5.37. The van der Waals surface area contributed by atoms with Crippen LogP contribution in [0, 0.1) is 0 Å². The second-order valence-corrected chi connectivity index (χ2v) is 19.3. The van der Waals surface area contributed by atoms with E-state index in [4.69, 9.17) is 23.6 Å². The van der Waals surface area contributed by atoms with Crippen LogP contribution in [0.15, 0.2) is 60.7 Å². The van der Waals surface area contributed by atoms with E-state index >= 15 is 0 Å². The standard InChI is InChI=1S/C16H20P2S2/c1-3-17(19,4-2)18(20,15-11-7-5-8-12-15)16-13-9-6-10-14-16/h5-14H,3-4H2,1-2H3. The van der Waals surface area contributed by atoms with Crippen LogP contribution in [0.4, 0.5) is 0 Å². The third-order valence-corrected chi connectivity index (χ3v) is 23.6. The van der Waals surface area contributed by atoms with Gasteiger partial charge in [-0.25, -0.2) is 0 Å². The predicted molar refractivity (Wildman–Crippen MR) is 102 cm³/mol. The first-order chi connectivity index (χ1) is 9.58. The van der Waals surface area contributed by atoms with Gasteiger partial charge in [-0.3, -0.25) is 0 Å². The van der Waals surface area contributed by atoms with Crippen molar-refractivity contribution in [3.63, 3.8) is 0 Å². The Morgan fingerprint density at radius 2 is 1.05 bits per heavy atom. The average molecular weight is 338 g/mol. The van der Waals surface area contributed by atoms with Crippen molar-refractivity contribution >= 4 is 45.7 Å². The van der Waals surface area contributed by atoms with Crippen molar-refractivity contribution in [1.82, 2.24) is 0 Å². The summed E-state index contributed by atoms with van der Waals surface area (Å²) in [6.07, 6.45) is 2.08. The number of benzene rings is 2. The zero-order chi connectivity index (χ0) is 14.6. The fourth-order valence-electron chi connectivity index (χ4n) is 2.45. The molecule has 0 spiro atoms. The quantitative estimate of drug-likeness (QED) is 0.734. The van der Waals surface area contributed by atoms with Gasteiger partial charge in [0.25, 0.3) is 0 Å². The second-order valence-electron chi connectivity index (χ2n) is 4.73. The van der Waals surface area contributed by atoms with Crippen molar-refractivity contribution in [1.29, 1.82) is 0 Å². The molecule has 0 aliphatic rings. The van der Waals surface area contributed by atoms with Gasteiger partial charge in [0.1, 0.15) is 0 Å². The van der Waals surface area contributed by atoms with Gasteiger partial charge >= 0.3 is 0 Å². The highest BCUT2D eigenvalue weighted by molar-refractivity contribution is 8.70. The fourth-order valence-corrected chi connectivity index (χ4v) is 16.2. The van der Waals surface area contributed by atoms with E-state index in [0.29, 0.717) is 0 Å². The van der Waals surface area contributed by atoms with Crippen molar-refractivity contribution < 1.29 is 0 Å². The van der Waals surface area contributed by atoms with Gasteiger partial charge < -0.3 is 0 Å². The van der Waals surface area contributed by atoms with Crippen LogP contribution in [0.1, 0.15) is 13.8 Å². The van der Waals surface area contributed by atoms with E-state index in [2.05, 4.69) is 74.5 Å². The van der Waals surface area contributed by atoms with E-state index in [9.17, 15) is 0 Å². The summed E-state index contributed by atoms with van der Waals surface area (Å²) in [6.45, 7) is 4.44. The molecule has 0 atom stereocenters. The summed E-state index contributed by atoms with van der Waals surface area (Å²) in [6, 6.07) is 21.2. The Bertz CT molecular complexity index is 599. The van der Waals surface area contributed by atoms with Gasteiger partial charge in [-0.05, 0) is 28.7 Å². The van der Waals surface area contributed by atoms with Crippen molar-refractivity contribution in [3.05, 3.63) is 60.7 Å². The summed E-state index contributed by atoms with van der Waals surface area (Å²) in [5, 5.41) is 2.57. The summed E-state index contributed by atoms with van der Waals surface area (Å²) in [5.41, 5.74) is -3.47. The van der Waals surface area contributed by atoms with Crippen molar-refractivity contribution in [2.45, 2.75) is 13.8 Å². The minimum Gasteiger partial charge on any atom is -0.0913 e. The van der Waals surface area contributed by atoms with Crippen LogP contribution < -0.4 is 10.6 Å². The Labute approximate surface area is 132 Å². The molecular formula is C16H20P2S2. The molecule has 0 bridgehead atoms. The lowest BCUT2D eigenvalue weighted by Crippen LogP contribution is -2.17. The largest absolute Gasteiger partial charge is 0.0913 e. The highest BCUT2D eigenvalue weighted by Crippen LogP contribution is 2.79. The Hall–Kier alpha value is -0.260. The first-order valence-corrected chi connectivity index (χ1v) is 13.6. The minimum absolute atomic E-state index is 1.04. The SMILES string of the molecule is CCP(=S)(CC)P(=S)(c1ccccc1)c1ccccc1. The van der Waals surface area contributed by atoms with Crippen molar-refractivity contribution in [2.75, 3.05) is 12.3 Å². The lowest BCUT2D eigenvalue weighted by Gasteiger charge is -2.34. The van der Waals surface area contributed by atoms with E-state index < -0.39 is 11.5 Å². The van der Waals surface area contributed by atoms with Crippen LogP contribution in [0.25, 0.3) is 0 Å². The molecule has 0 fully saturated rings. The summed E-state index contributed by atoms with van der Waals surface area (Å²) >= 11 is 12.5. The highest BCUT2D eigenvalue weighted by Gasteiger charge is 2.35. The monoisotopic (exact) mass is 338 g/mol. The molecule has 2 aromatic rings. The topological polar surface area (TPSA) is 0 Å². The zero-order valence-corrected chi connectivity index (χ0v) is 15.3. The van der Waals surface area contributed by atoms with E-state index in [-0.39, 0.29) is 0 Å². The number of hydrogen-bond donors (Lipinski definition) is 0. The van der Waals surface area contributed by atoms with Crippen molar-refractivity contribution in [3.8, 4) is 0 Å². The Morgan fingerprint density at radius 1 is 0.700 bits per heavy atom. The molecule has 106 valence electrons. The molecule has 0 N–H and O–H groups in total. The van der Waals surface area contributed by atoms with Gasteiger partial charge in [-0.2, -0.15) is 0 Å². The van der Waals surface area contributed by atoms with Gasteiger partial charge in [0.2, 0.25) is 0 Å². The second kappa shape index (κ2) is 6.67. The maximum atomic E-state index is 6.32. The average Bonchev–Trinajstić information content (AvgIpc) is 2.54. The zero-order valence-electron chi connectivity index (χ0n) is 11.9. The van der Waals surface area contributed by atoms with E-state index in [1.165, 1.54) is 10.6 Å². The van der Waals surface area contributed by atoms with Crippen molar-refractivity contribution in [2.24, 2.45) is 0 Å². The molecular weight excluding hydrogens is 318 g/mol. The molecule has 0 unspecified atom stereocenters. The summed E-state index contributed by atoms with van der Waals surface area (Å²) in [7, 11) is 0. The normalized spacial score (nSPS) is 12.3. The van der Waals surface area contributed by atoms with Gasteiger partial charge in [0.15, 0.2) is 0 Å². The van der Waals surface area contributed by atoms with E-state index in [1.54, 1.807) is 0 Å². The Balaban J connectivity index is 2.75. The maximum Gasteiger partial charge on any atom is 0.0410 e. The van der Waals surface area contributed by atoms with Crippen LogP contribution in [-0.2, 0) is 23.6 Å². The third-order valence-electron chi connectivity index (χ3n) is 3.71. The Morgan fingerprint density at radius 3 is 1.35 bits per heavy atom. The first kappa shape index (κ1) is 16.1. The molecule has 0 aliphatic heterocycles. The van der Waals surface area contributed by atoms with Crippen LogP contribution in [0.2, 0.25) is 0 Å². The molecule has 2 rings (SSSR count). The van der Waals surface area contributed by atoms with Crippen LogP contribution >= 0.6 is 11.5 Å². The molecule has 0 amide bonds. The van der Waals surface area contributed by atoms with Crippen LogP contribution in [0.5, 0.6) is 0 Å². The highest BCUT2D eigenvalue weighted by atomic mass is 32.8. The maximum absolute atomic E-state index is 6.32.